The Morgan fingerprint density at radius 2 is 1.36 bits per heavy atom. The molecule has 3 aliphatic heterocycles. The molecule has 3 aliphatic rings. The summed E-state index contributed by atoms with van der Waals surface area (Å²) in [5.74, 6) is -0.188. The molecule has 3 saturated heterocycles. The predicted octanol–water partition coefficient (Wildman–Crippen LogP) is 0.153. The van der Waals surface area contributed by atoms with E-state index >= 15 is 0 Å². The molecule has 5 rings (SSSR count). The topological polar surface area (TPSA) is 86.8 Å². The van der Waals surface area contributed by atoms with Gasteiger partial charge in [0.25, 0.3) is 0 Å². The van der Waals surface area contributed by atoms with E-state index in [4.69, 9.17) is 21.8 Å². The van der Waals surface area contributed by atoms with Crippen molar-refractivity contribution in [3.8, 4) is 6.07 Å². The number of benzene rings is 2. The summed E-state index contributed by atoms with van der Waals surface area (Å²) in [4.78, 5) is 4.69. The van der Waals surface area contributed by atoms with Gasteiger partial charge in [-0.3, -0.25) is 9.80 Å². The number of ether oxygens (including phenoxy) is 1. The minimum absolute atomic E-state index is 0. The molecule has 4 unspecified atom stereocenters. The van der Waals surface area contributed by atoms with Gasteiger partial charge in [-0.1, -0.05) is 60.7 Å². The van der Waals surface area contributed by atoms with Crippen molar-refractivity contribution in [1.82, 2.24) is 9.80 Å². The first kappa shape index (κ1) is 27.5. The minimum atomic E-state index is -0.498. The van der Waals surface area contributed by atoms with Gasteiger partial charge in [-0.25, -0.2) is 0 Å². The van der Waals surface area contributed by atoms with E-state index in [1.165, 1.54) is 24.1 Å². The number of aliphatic hydroxyl groups excluding tert-OH is 1. The molecule has 6 nitrogen and oxygen atoms in total. The maximum Gasteiger partial charge on any atom is 1.00 e. The molecule has 0 spiro atoms. The number of rotatable bonds is 4. The Morgan fingerprint density at radius 1 is 0.848 bits per heavy atom. The molecule has 33 heavy (non-hydrogen) atoms. The van der Waals surface area contributed by atoms with Gasteiger partial charge in [-0.2, -0.15) is 5.26 Å². The summed E-state index contributed by atoms with van der Waals surface area (Å²) < 4.78 is 5.50. The fraction of sp³-hybridized carbons (Fsp3) is 0.462. The molecule has 2 aromatic carbocycles. The second-order valence-electron chi connectivity index (χ2n) is 8.53. The number of hydrogen-bond acceptors (Lipinski definition) is 6. The second-order valence-corrected chi connectivity index (χ2v) is 8.53. The van der Waals surface area contributed by atoms with Gasteiger partial charge in [0.05, 0.1) is 30.3 Å². The summed E-state index contributed by atoms with van der Waals surface area (Å²) in [5.41, 5.74) is 2.66. The van der Waals surface area contributed by atoms with Crippen molar-refractivity contribution >= 4 is 0 Å². The number of piperidine rings is 2. The number of nitrogens with zero attached hydrogens (tertiary/aromatic N) is 4. The minimum Gasteiger partial charge on any atom is -0.512 e. The third-order valence-corrected chi connectivity index (χ3v) is 6.19. The number of fused-ring (bicyclic) bond motifs is 1. The zero-order chi connectivity index (χ0) is 22.8. The van der Waals surface area contributed by atoms with Crippen molar-refractivity contribution in [2.45, 2.75) is 44.2 Å². The average molecular weight is 455 g/mol. The van der Waals surface area contributed by atoms with Gasteiger partial charge in [-0.15, -0.1) is 0 Å². The van der Waals surface area contributed by atoms with E-state index in [0.717, 1.165) is 32.6 Å². The molecule has 168 valence electrons. The molecule has 3 heterocycles. The molecule has 0 bridgehead atoms. The summed E-state index contributed by atoms with van der Waals surface area (Å²) in [6, 6.07) is 23.0. The van der Waals surface area contributed by atoms with Gasteiger partial charge >= 0.3 is 29.6 Å². The van der Waals surface area contributed by atoms with E-state index in [9.17, 15) is 5.11 Å². The fourth-order valence-corrected chi connectivity index (χ4v) is 4.37. The zero-order valence-electron chi connectivity index (χ0n) is 19.4. The van der Waals surface area contributed by atoms with Crippen LogP contribution in [-0.4, -0.2) is 59.4 Å². The van der Waals surface area contributed by atoms with Gasteiger partial charge < -0.3 is 21.7 Å². The Hall–Kier alpha value is -1.74. The molecule has 0 radical (unpaired) electrons. The summed E-state index contributed by atoms with van der Waals surface area (Å²) >= 11 is 0. The first-order chi connectivity index (χ1) is 15.7. The SMILES string of the molecule is N#CC1CCN(Cc2ccccc2)CC1O.[C-]#N.[Na+].c1ccc(CN2CCC3OC3C2)cc1. The van der Waals surface area contributed by atoms with Crippen molar-refractivity contribution in [3.05, 3.63) is 78.4 Å². The first-order valence-electron chi connectivity index (χ1n) is 11.2. The number of hydrogen-bond donors (Lipinski definition) is 1. The number of nitriles is 1. The van der Waals surface area contributed by atoms with Crippen LogP contribution in [0.15, 0.2) is 60.7 Å². The zero-order valence-corrected chi connectivity index (χ0v) is 21.4. The molecule has 4 atom stereocenters. The van der Waals surface area contributed by atoms with E-state index in [1.807, 2.05) is 18.2 Å². The molecule has 0 aromatic heterocycles. The van der Waals surface area contributed by atoms with Crippen molar-refractivity contribution in [3.63, 3.8) is 0 Å². The summed E-state index contributed by atoms with van der Waals surface area (Å²) in [7, 11) is 0. The summed E-state index contributed by atoms with van der Waals surface area (Å²) in [6.07, 6.45) is 2.64. The van der Waals surface area contributed by atoms with Crippen LogP contribution in [0, 0.1) is 29.1 Å². The number of β-amino-alcohol motifs (C(OH)–C–C–N with tert-alkyl or cyclic N) is 1. The molecule has 7 heteroatoms. The third kappa shape index (κ3) is 8.85. The van der Waals surface area contributed by atoms with Gasteiger partial charge in [-0.05, 0) is 30.5 Å². The van der Waals surface area contributed by atoms with E-state index < -0.39 is 6.10 Å². The van der Waals surface area contributed by atoms with Crippen molar-refractivity contribution in [2.75, 3.05) is 26.2 Å². The van der Waals surface area contributed by atoms with Crippen LogP contribution in [0.4, 0.5) is 0 Å². The Morgan fingerprint density at radius 3 is 1.85 bits per heavy atom. The van der Waals surface area contributed by atoms with Crippen molar-refractivity contribution in [2.24, 2.45) is 5.92 Å². The largest absolute Gasteiger partial charge is 1.00 e. The van der Waals surface area contributed by atoms with Crippen LogP contribution in [0.5, 0.6) is 0 Å². The van der Waals surface area contributed by atoms with Crippen LogP contribution in [0.1, 0.15) is 24.0 Å². The Labute approximate surface area is 219 Å². The number of aliphatic hydroxyl groups is 1. The molecule has 0 aliphatic carbocycles. The monoisotopic (exact) mass is 454 g/mol. The molecule has 0 saturated carbocycles. The Kier molecular flexibility index (Phi) is 12.1. The van der Waals surface area contributed by atoms with E-state index in [1.54, 1.807) is 0 Å². The maximum atomic E-state index is 9.75. The van der Waals surface area contributed by atoms with Crippen LogP contribution in [-0.2, 0) is 17.8 Å². The van der Waals surface area contributed by atoms with Crippen molar-refractivity contribution < 1.29 is 39.4 Å². The van der Waals surface area contributed by atoms with E-state index in [0.29, 0.717) is 18.8 Å². The molecular formula is C26H31N4NaO2. The molecule has 1 N–H and O–H groups in total. The van der Waals surface area contributed by atoms with Crippen LogP contribution in [0.3, 0.4) is 0 Å². The summed E-state index contributed by atoms with van der Waals surface area (Å²) in [6.45, 7) is 10.5. The van der Waals surface area contributed by atoms with Gasteiger partial charge in [0.2, 0.25) is 0 Å². The fourth-order valence-electron chi connectivity index (χ4n) is 4.37. The normalized spacial score (nSPS) is 26.0. The molecular weight excluding hydrogens is 423 g/mol. The summed E-state index contributed by atoms with van der Waals surface area (Å²) in [5, 5.41) is 24.8. The van der Waals surface area contributed by atoms with Gasteiger partial charge in [0, 0.05) is 32.7 Å². The van der Waals surface area contributed by atoms with Crippen LogP contribution in [0.2, 0.25) is 0 Å². The molecule has 2 aromatic rings. The standard InChI is InChI=1S/C13H16N2O.C12H15NO.CN.Na/c14-8-12-6-7-15(10-13(12)16)9-11-4-2-1-3-5-11;1-2-4-10(5-3-1)8-13-7-6-11-12(9-13)14-11;1-2;/h1-5,12-13,16H,6-7,9-10H2;1-5,11-12H,6-9H2;;/q;;-1;+1. The molecule has 3 fully saturated rings. The van der Waals surface area contributed by atoms with E-state index in [2.05, 4.69) is 58.3 Å². The van der Waals surface area contributed by atoms with E-state index in [-0.39, 0.29) is 35.5 Å². The maximum absolute atomic E-state index is 9.75. The van der Waals surface area contributed by atoms with Crippen LogP contribution in [0.25, 0.3) is 0 Å². The predicted molar refractivity (Wildman–Crippen MR) is 121 cm³/mol. The molecule has 0 amide bonds. The second kappa shape index (κ2) is 14.5. The van der Waals surface area contributed by atoms with Gasteiger partial charge in [0.1, 0.15) is 0 Å². The number of likely N-dealkylation sites (tertiary alicyclic amines) is 2. The third-order valence-electron chi connectivity index (χ3n) is 6.19. The van der Waals surface area contributed by atoms with Crippen molar-refractivity contribution in [1.29, 1.82) is 10.5 Å². The number of epoxide rings is 1. The Balaban J connectivity index is 0.000000212. The van der Waals surface area contributed by atoms with Crippen LogP contribution >= 0.6 is 0 Å². The smallest absolute Gasteiger partial charge is 0.512 e. The van der Waals surface area contributed by atoms with Crippen LogP contribution < -0.4 is 29.6 Å². The van der Waals surface area contributed by atoms with Gasteiger partial charge in [0.15, 0.2) is 0 Å². The Bertz CT molecular complexity index is 874. The average Bonchev–Trinajstić information content (AvgIpc) is 3.61. The first-order valence-corrected chi connectivity index (χ1v) is 11.2. The quantitative estimate of drug-likeness (QED) is 0.402.